The quantitative estimate of drug-likeness (QED) is 0.295. The number of rotatable bonds is 5. The van der Waals surface area contributed by atoms with Gasteiger partial charge in [0.2, 0.25) is 0 Å². The van der Waals surface area contributed by atoms with Gasteiger partial charge in [0.1, 0.15) is 6.33 Å². The minimum atomic E-state index is 0. The number of aliphatic imine (C=N–C) groups is 1. The lowest BCUT2D eigenvalue weighted by Crippen LogP contribution is -2.36. The number of nitrogens with zero attached hydrogens (tertiary/aromatic N) is 3. The zero-order valence-electron chi connectivity index (χ0n) is 14.2. The van der Waals surface area contributed by atoms with Crippen molar-refractivity contribution in [3.63, 3.8) is 0 Å². The van der Waals surface area contributed by atoms with Gasteiger partial charge in [-0.3, -0.25) is 10.1 Å². The minimum absolute atomic E-state index is 0. The summed E-state index contributed by atoms with van der Waals surface area (Å²) in [5.41, 5.74) is 3.27. The number of benzene rings is 2. The van der Waals surface area contributed by atoms with Crippen LogP contribution in [-0.4, -0.2) is 28.2 Å². The number of aromatic nitrogens is 3. The lowest BCUT2D eigenvalue weighted by atomic mass is 10.1. The summed E-state index contributed by atoms with van der Waals surface area (Å²) in [4.78, 5) is 8.42. The van der Waals surface area contributed by atoms with E-state index in [-0.39, 0.29) is 24.0 Å². The minimum Gasteiger partial charge on any atom is -0.352 e. The van der Waals surface area contributed by atoms with Crippen molar-refractivity contribution in [1.29, 1.82) is 0 Å². The Kier molecular flexibility index (Phi) is 7.86. The molecule has 3 N–H and O–H groups in total. The van der Waals surface area contributed by atoms with Gasteiger partial charge in [0.05, 0.1) is 0 Å². The molecule has 1 aromatic heterocycles. The average Bonchev–Trinajstić information content (AvgIpc) is 3.18. The second kappa shape index (κ2) is 10.1. The van der Waals surface area contributed by atoms with E-state index in [4.69, 9.17) is 11.6 Å². The van der Waals surface area contributed by atoms with Crippen molar-refractivity contribution in [2.75, 3.05) is 7.05 Å². The fraction of sp³-hybridized carbons (Fsp3) is 0.167. The van der Waals surface area contributed by atoms with Crippen LogP contribution < -0.4 is 10.6 Å². The fourth-order valence-electron chi connectivity index (χ4n) is 2.37. The monoisotopic (exact) mass is 482 g/mol. The molecule has 0 amide bonds. The predicted molar refractivity (Wildman–Crippen MR) is 116 cm³/mol. The largest absolute Gasteiger partial charge is 0.352 e. The molecule has 0 atom stereocenters. The molecule has 0 aliphatic carbocycles. The summed E-state index contributed by atoms with van der Waals surface area (Å²) < 4.78 is 0. The van der Waals surface area contributed by atoms with Crippen LogP contribution in [0.5, 0.6) is 0 Å². The van der Waals surface area contributed by atoms with Crippen molar-refractivity contribution in [3.05, 3.63) is 71.0 Å². The van der Waals surface area contributed by atoms with E-state index in [1.807, 2.05) is 36.4 Å². The van der Waals surface area contributed by atoms with Crippen LogP contribution in [0.15, 0.2) is 59.9 Å². The van der Waals surface area contributed by atoms with E-state index < -0.39 is 0 Å². The smallest absolute Gasteiger partial charge is 0.191 e. The highest BCUT2D eigenvalue weighted by molar-refractivity contribution is 14.0. The van der Waals surface area contributed by atoms with E-state index >= 15 is 0 Å². The molecule has 1 heterocycles. The van der Waals surface area contributed by atoms with E-state index in [1.54, 1.807) is 7.05 Å². The van der Waals surface area contributed by atoms with E-state index in [2.05, 4.69) is 42.9 Å². The van der Waals surface area contributed by atoms with E-state index in [0.29, 0.717) is 13.1 Å². The summed E-state index contributed by atoms with van der Waals surface area (Å²) >= 11 is 5.90. The molecule has 0 saturated carbocycles. The van der Waals surface area contributed by atoms with Gasteiger partial charge in [-0.05, 0) is 29.3 Å². The molecule has 0 bridgehead atoms. The molecular formula is C18H20ClIN6. The van der Waals surface area contributed by atoms with Crippen molar-refractivity contribution < 1.29 is 0 Å². The summed E-state index contributed by atoms with van der Waals surface area (Å²) in [5, 5.41) is 14.1. The Morgan fingerprint density at radius 1 is 1.08 bits per heavy atom. The van der Waals surface area contributed by atoms with Crippen molar-refractivity contribution in [2.45, 2.75) is 13.1 Å². The lowest BCUT2D eigenvalue weighted by molar-refractivity contribution is 0.809. The third kappa shape index (κ3) is 5.70. The third-order valence-corrected chi connectivity index (χ3v) is 3.92. The summed E-state index contributed by atoms with van der Waals surface area (Å²) in [6, 6.07) is 15.9. The number of aromatic amines is 1. The number of hydrogen-bond donors (Lipinski definition) is 3. The van der Waals surface area contributed by atoms with Gasteiger partial charge in [0.25, 0.3) is 0 Å². The summed E-state index contributed by atoms with van der Waals surface area (Å²) in [6.07, 6.45) is 1.50. The topological polar surface area (TPSA) is 78.0 Å². The number of H-pyrrole nitrogens is 1. The average molecular weight is 483 g/mol. The Morgan fingerprint density at radius 2 is 1.81 bits per heavy atom. The highest BCUT2D eigenvalue weighted by Crippen LogP contribution is 2.15. The molecule has 6 nitrogen and oxygen atoms in total. The first-order valence-corrected chi connectivity index (χ1v) is 8.26. The van der Waals surface area contributed by atoms with E-state index in [1.165, 1.54) is 6.33 Å². The normalized spacial score (nSPS) is 10.9. The van der Waals surface area contributed by atoms with Crippen LogP contribution in [0, 0.1) is 0 Å². The maximum absolute atomic E-state index is 5.90. The van der Waals surface area contributed by atoms with Crippen LogP contribution >= 0.6 is 35.6 Å². The van der Waals surface area contributed by atoms with Gasteiger partial charge in [-0.25, -0.2) is 4.98 Å². The Hall–Kier alpha value is -2.13. The SMILES string of the molecule is CN=C(NCc1ccc(Cl)cc1)NCc1cccc(-c2ncn[nH]2)c1.I. The van der Waals surface area contributed by atoms with Crippen LogP contribution in [-0.2, 0) is 13.1 Å². The maximum Gasteiger partial charge on any atom is 0.191 e. The molecule has 0 aliphatic heterocycles. The van der Waals surface area contributed by atoms with E-state index in [0.717, 1.165) is 33.5 Å². The van der Waals surface area contributed by atoms with Crippen molar-refractivity contribution in [2.24, 2.45) is 4.99 Å². The van der Waals surface area contributed by atoms with E-state index in [9.17, 15) is 0 Å². The van der Waals surface area contributed by atoms with Gasteiger partial charge >= 0.3 is 0 Å². The summed E-state index contributed by atoms with van der Waals surface area (Å²) in [5.74, 6) is 1.49. The second-order valence-corrected chi connectivity index (χ2v) is 5.88. The molecular weight excluding hydrogens is 463 g/mol. The highest BCUT2D eigenvalue weighted by atomic mass is 127. The first-order valence-electron chi connectivity index (χ1n) is 7.88. The van der Waals surface area contributed by atoms with Gasteiger partial charge in [0, 0.05) is 30.7 Å². The van der Waals surface area contributed by atoms with Crippen LogP contribution in [0.25, 0.3) is 11.4 Å². The number of halogens is 2. The van der Waals surface area contributed by atoms with Crippen LogP contribution in [0.4, 0.5) is 0 Å². The number of hydrogen-bond acceptors (Lipinski definition) is 3. The van der Waals surface area contributed by atoms with Gasteiger partial charge in [-0.2, -0.15) is 5.10 Å². The molecule has 3 rings (SSSR count). The second-order valence-electron chi connectivity index (χ2n) is 5.44. The first-order chi connectivity index (χ1) is 12.2. The van der Waals surface area contributed by atoms with Crippen LogP contribution in [0.2, 0.25) is 5.02 Å². The Balaban J connectivity index is 0.00000243. The van der Waals surface area contributed by atoms with Crippen molar-refractivity contribution >= 4 is 41.5 Å². The number of nitrogens with one attached hydrogen (secondary N) is 3. The van der Waals surface area contributed by atoms with Crippen molar-refractivity contribution in [3.8, 4) is 11.4 Å². The molecule has 0 radical (unpaired) electrons. The Bertz CT molecular complexity index is 833. The Morgan fingerprint density at radius 3 is 2.46 bits per heavy atom. The number of guanidine groups is 1. The molecule has 8 heteroatoms. The highest BCUT2D eigenvalue weighted by Gasteiger charge is 2.03. The summed E-state index contributed by atoms with van der Waals surface area (Å²) in [7, 11) is 1.75. The molecule has 3 aromatic rings. The molecule has 0 aliphatic rings. The maximum atomic E-state index is 5.90. The van der Waals surface area contributed by atoms with Gasteiger partial charge < -0.3 is 10.6 Å². The molecule has 0 unspecified atom stereocenters. The van der Waals surface area contributed by atoms with Crippen molar-refractivity contribution in [1.82, 2.24) is 25.8 Å². The van der Waals surface area contributed by atoms with Gasteiger partial charge in [-0.15, -0.1) is 24.0 Å². The summed E-state index contributed by atoms with van der Waals surface area (Å²) in [6.45, 7) is 1.33. The molecule has 0 fully saturated rings. The van der Waals surface area contributed by atoms with Crippen LogP contribution in [0.1, 0.15) is 11.1 Å². The standard InChI is InChI=1S/C18H19ClN6.HI/c1-20-18(21-10-13-5-7-16(19)8-6-13)22-11-14-3-2-4-15(9-14)17-23-12-24-25-17;/h2-9,12H,10-11H2,1H3,(H2,20,21,22)(H,23,24,25);1H. The fourth-order valence-corrected chi connectivity index (χ4v) is 2.49. The first kappa shape index (κ1) is 20.2. The molecule has 0 spiro atoms. The van der Waals surface area contributed by atoms with Gasteiger partial charge in [0.15, 0.2) is 11.8 Å². The zero-order chi connectivity index (χ0) is 17.5. The zero-order valence-corrected chi connectivity index (χ0v) is 17.3. The molecule has 2 aromatic carbocycles. The predicted octanol–water partition coefficient (Wildman–Crippen LogP) is 3.61. The van der Waals surface area contributed by atoms with Crippen LogP contribution in [0.3, 0.4) is 0 Å². The molecule has 0 saturated heterocycles. The Labute approximate surface area is 174 Å². The van der Waals surface area contributed by atoms with Gasteiger partial charge in [-0.1, -0.05) is 41.9 Å². The molecule has 26 heavy (non-hydrogen) atoms. The third-order valence-electron chi connectivity index (χ3n) is 3.67. The molecule has 136 valence electrons. The lowest BCUT2D eigenvalue weighted by Gasteiger charge is -2.12.